The van der Waals surface area contributed by atoms with Gasteiger partial charge in [0.05, 0.1) is 0 Å². The SMILES string of the molecule is CC[C@H](C)NC(=O)[C@H](Cc1ccccc1)N(Cc1ccccc1F)C(=O)CCSc1ccc(C)cc1. The van der Waals surface area contributed by atoms with Crippen molar-refractivity contribution in [1.29, 1.82) is 0 Å². The van der Waals surface area contributed by atoms with E-state index in [1.807, 2.05) is 75.4 Å². The molecule has 0 aliphatic heterocycles. The predicted octanol–water partition coefficient (Wildman–Crippen LogP) is 6.17. The average Bonchev–Trinajstić information content (AvgIpc) is 2.88. The first-order chi connectivity index (χ1) is 17.4. The normalized spacial score (nSPS) is 12.6. The second kappa shape index (κ2) is 13.8. The van der Waals surface area contributed by atoms with Crippen LogP contribution in [0.2, 0.25) is 0 Å². The molecule has 2 amide bonds. The van der Waals surface area contributed by atoms with Crippen molar-refractivity contribution < 1.29 is 14.0 Å². The number of carbonyl (C=O) groups excluding carboxylic acids is 2. The Bertz CT molecular complexity index is 1120. The monoisotopic (exact) mass is 506 g/mol. The van der Waals surface area contributed by atoms with Crippen LogP contribution in [0.1, 0.15) is 43.4 Å². The molecule has 0 heterocycles. The third-order valence-electron chi connectivity index (χ3n) is 6.18. The lowest BCUT2D eigenvalue weighted by molar-refractivity contribution is -0.141. The van der Waals surface area contributed by atoms with Gasteiger partial charge in [0.15, 0.2) is 0 Å². The minimum Gasteiger partial charge on any atom is -0.352 e. The Balaban J connectivity index is 1.86. The highest BCUT2D eigenvalue weighted by atomic mass is 32.2. The van der Waals surface area contributed by atoms with Gasteiger partial charge >= 0.3 is 0 Å². The molecule has 6 heteroatoms. The summed E-state index contributed by atoms with van der Waals surface area (Å²) < 4.78 is 14.6. The van der Waals surface area contributed by atoms with E-state index in [1.54, 1.807) is 34.9 Å². The maximum atomic E-state index is 14.6. The first kappa shape index (κ1) is 27.5. The molecule has 0 fully saturated rings. The van der Waals surface area contributed by atoms with Crippen LogP contribution in [0.4, 0.5) is 4.39 Å². The van der Waals surface area contributed by atoms with Crippen molar-refractivity contribution in [3.8, 4) is 0 Å². The number of rotatable bonds is 12. The van der Waals surface area contributed by atoms with Gasteiger partial charge in [-0.15, -0.1) is 11.8 Å². The molecule has 0 aromatic heterocycles. The highest BCUT2D eigenvalue weighted by Crippen LogP contribution is 2.22. The van der Waals surface area contributed by atoms with Crippen molar-refractivity contribution in [3.63, 3.8) is 0 Å². The molecule has 190 valence electrons. The fraction of sp³-hybridized carbons (Fsp3) is 0.333. The van der Waals surface area contributed by atoms with E-state index in [0.717, 1.165) is 16.9 Å². The van der Waals surface area contributed by atoms with Crippen LogP contribution in [0.5, 0.6) is 0 Å². The lowest BCUT2D eigenvalue weighted by atomic mass is 10.0. The smallest absolute Gasteiger partial charge is 0.243 e. The quantitative estimate of drug-likeness (QED) is 0.299. The zero-order valence-electron chi connectivity index (χ0n) is 21.2. The zero-order chi connectivity index (χ0) is 25.9. The van der Waals surface area contributed by atoms with E-state index in [0.29, 0.717) is 17.7 Å². The summed E-state index contributed by atoms with van der Waals surface area (Å²) in [5.41, 5.74) is 2.52. The number of amides is 2. The third kappa shape index (κ3) is 8.23. The number of carbonyl (C=O) groups is 2. The molecule has 0 saturated heterocycles. The van der Waals surface area contributed by atoms with Crippen molar-refractivity contribution in [2.24, 2.45) is 0 Å². The van der Waals surface area contributed by atoms with Gasteiger partial charge in [-0.05, 0) is 44.0 Å². The van der Waals surface area contributed by atoms with Gasteiger partial charge in [-0.2, -0.15) is 0 Å². The summed E-state index contributed by atoms with van der Waals surface area (Å²) in [7, 11) is 0. The molecule has 0 spiro atoms. The Morgan fingerprint density at radius 2 is 1.64 bits per heavy atom. The number of nitrogens with zero attached hydrogens (tertiary/aromatic N) is 1. The molecular formula is C30H35FN2O2S. The minimum atomic E-state index is -0.752. The van der Waals surface area contributed by atoms with E-state index in [-0.39, 0.29) is 36.6 Å². The molecule has 3 aromatic carbocycles. The van der Waals surface area contributed by atoms with Crippen LogP contribution < -0.4 is 5.32 Å². The molecule has 0 aliphatic rings. The van der Waals surface area contributed by atoms with Gasteiger partial charge in [-0.25, -0.2) is 4.39 Å². The number of halogens is 1. The molecule has 0 radical (unpaired) electrons. The summed E-state index contributed by atoms with van der Waals surface area (Å²) in [5.74, 6) is -0.201. The molecule has 3 aromatic rings. The van der Waals surface area contributed by atoms with Crippen LogP contribution in [0.15, 0.2) is 83.8 Å². The lowest BCUT2D eigenvalue weighted by Gasteiger charge is -2.32. The number of benzene rings is 3. The predicted molar refractivity (Wildman–Crippen MR) is 145 cm³/mol. The summed E-state index contributed by atoms with van der Waals surface area (Å²) >= 11 is 1.60. The maximum Gasteiger partial charge on any atom is 0.243 e. The van der Waals surface area contributed by atoms with E-state index in [9.17, 15) is 14.0 Å². The second-order valence-corrected chi connectivity index (χ2v) is 10.2. The Morgan fingerprint density at radius 1 is 0.972 bits per heavy atom. The van der Waals surface area contributed by atoms with Crippen LogP contribution in [0.25, 0.3) is 0 Å². The van der Waals surface area contributed by atoms with Gasteiger partial charge in [0.25, 0.3) is 0 Å². The number of hydrogen-bond donors (Lipinski definition) is 1. The van der Waals surface area contributed by atoms with Crippen LogP contribution in [-0.4, -0.2) is 34.6 Å². The lowest BCUT2D eigenvalue weighted by Crippen LogP contribution is -2.52. The van der Waals surface area contributed by atoms with Gasteiger partial charge in [0.2, 0.25) is 11.8 Å². The van der Waals surface area contributed by atoms with E-state index >= 15 is 0 Å². The van der Waals surface area contributed by atoms with Crippen LogP contribution in [0, 0.1) is 12.7 Å². The van der Waals surface area contributed by atoms with E-state index < -0.39 is 6.04 Å². The zero-order valence-corrected chi connectivity index (χ0v) is 22.1. The Morgan fingerprint density at radius 3 is 2.31 bits per heavy atom. The molecule has 1 N–H and O–H groups in total. The maximum absolute atomic E-state index is 14.6. The van der Waals surface area contributed by atoms with Crippen LogP contribution in [0.3, 0.4) is 0 Å². The van der Waals surface area contributed by atoms with Gasteiger partial charge in [-0.3, -0.25) is 9.59 Å². The summed E-state index contributed by atoms with van der Waals surface area (Å²) in [5, 5.41) is 3.04. The second-order valence-electron chi connectivity index (χ2n) is 9.05. The summed E-state index contributed by atoms with van der Waals surface area (Å²) in [4.78, 5) is 29.7. The molecule has 0 aliphatic carbocycles. The number of hydrogen-bond acceptors (Lipinski definition) is 3. The standard InChI is InChI=1S/C30H35FN2O2S/c1-4-23(3)32-30(35)28(20-24-10-6-5-7-11-24)33(21-25-12-8-9-13-27(25)31)29(34)18-19-36-26-16-14-22(2)15-17-26/h5-17,23,28H,4,18-21H2,1-3H3,(H,32,35)/t23-,28-/m0/s1. The molecule has 3 rings (SSSR count). The van der Waals surface area contributed by atoms with Crippen molar-refractivity contribution in [3.05, 3.63) is 101 Å². The highest BCUT2D eigenvalue weighted by molar-refractivity contribution is 7.99. The highest BCUT2D eigenvalue weighted by Gasteiger charge is 2.31. The van der Waals surface area contributed by atoms with Crippen molar-refractivity contribution in [1.82, 2.24) is 10.2 Å². The molecular weight excluding hydrogens is 471 g/mol. The Kier molecular flexibility index (Phi) is 10.6. The van der Waals surface area contributed by atoms with E-state index in [2.05, 4.69) is 5.32 Å². The molecule has 2 atom stereocenters. The number of thioether (sulfide) groups is 1. The van der Waals surface area contributed by atoms with Gasteiger partial charge < -0.3 is 10.2 Å². The first-order valence-corrected chi connectivity index (χ1v) is 13.4. The topological polar surface area (TPSA) is 49.4 Å². The van der Waals surface area contributed by atoms with Crippen molar-refractivity contribution in [2.45, 2.75) is 63.6 Å². The summed E-state index contributed by atoms with van der Waals surface area (Å²) in [6, 6.07) is 23.5. The van der Waals surface area contributed by atoms with Gasteiger partial charge in [0, 0.05) is 41.6 Å². The van der Waals surface area contributed by atoms with Crippen molar-refractivity contribution in [2.75, 3.05) is 5.75 Å². The molecule has 4 nitrogen and oxygen atoms in total. The van der Waals surface area contributed by atoms with Gasteiger partial charge in [0.1, 0.15) is 11.9 Å². The largest absolute Gasteiger partial charge is 0.352 e. The number of nitrogens with one attached hydrogen (secondary N) is 1. The average molecular weight is 507 g/mol. The van der Waals surface area contributed by atoms with Crippen LogP contribution >= 0.6 is 11.8 Å². The fourth-order valence-electron chi connectivity index (χ4n) is 3.84. The minimum absolute atomic E-state index is 0.0294. The fourth-order valence-corrected chi connectivity index (χ4v) is 4.68. The molecule has 36 heavy (non-hydrogen) atoms. The van der Waals surface area contributed by atoms with E-state index in [1.165, 1.54) is 11.6 Å². The van der Waals surface area contributed by atoms with E-state index in [4.69, 9.17) is 0 Å². The van der Waals surface area contributed by atoms with Crippen LogP contribution in [-0.2, 0) is 22.6 Å². The number of aryl methyl sites for hydroxylation is 1. The molecule has 0 saturated carbocycles. The Hall–Kier alpha value is -3.12. The molecule has 0 unspecified atom stereocenters. The third-order valence-corrected chi connectivity index (χ3v) is 7.19. The van der Waals surface area contributed by atoms with Crippen molar-refractivity contribution >= 4 is 23.6 Å². The summed E-state index contributed by atoms with van der Waals surface area (Å²) in [6.07, 6.45) is 1.38. The summed E-state index contributed by atoms with van der Waals surface area (Å²) in [6.45, 7) is 6.02. The Labute approximate surface area is 218 Å². The first-order valence-electron chi connectivity index (χ1n) is 12.4. The van der Waals surface area contributed by atoms with Gasteiger partial charge in [-0.1, -0.05) is 73.2 Å². The molecule has 0 bridgehead atoms.